The Bertz CT molecular complexity index is 1030. The highest BCUT2D eigenvalue weighted by molar-refractivity contribution is 5.97. The number of amidine groups is 1. The van der Waals surface area contributed by atoms with Crippen molar-refractivity contribution >= 4 is 29.6 Å². The fourth-order valence-corrected chi connectivity index (χ4v) is 4.20. The van der Waals surface area contributed by atoms with E-state index in [1.54, 1.807) is 24.3 Å². The second kappa shape index (κ2) is 13.9. The molecule has 0 aliphatic carbocycles. The fraction of sp³-hybridized carbons (Fsp3) is 0.577. The summed E-state index contributed by atoms with van der Waals surface area (Å²) in [5.74, 6) is -3.50. The van der Waals surface area contributed by atoms with E-state index < -0.39 is 23.5 Å². The second-order valence-corrected chi connectivity index (χ2v) is 10.5. The molecule has 1 aliphatic heterocycles. The summed E-state index contributed by atoms with van der Waals surface area (Å²) in [6.45, 7) is 8.96. The third-order valence-electron chi connectivity index (χ3n) is 6.51. The van der Waals surface area contributed by atoms with E-state index in [1.165, 1.54) is 0 Å². The van der Waals surface area contributed by atoms with Crippen molar-refractivity contribution in [3.63, 3.8) is 0 Å². The zero-order valence-corrected chi connectivity index (χ0v) is 22.5. The standard InChI is InChI=1S/C24H36N4O4.C2HF3O2/c1-15(2)13-19(27-22(31)18-7-5-17(6-8-18)21(25)26)24(3,4)23(32)28-11-9-16(10-12-28)14-20(29)30;3-2(4,5)1(6)7/h5-8,15-16,19H,9-14H2,1-4H3,(H3,25,26)(H,27,31)(H,29,30);(H,6,7). The van der Waals surface area contributed by atoms with Gasteiger partial charge in [-0.15, -0.1) is 0 Å². The Hall–Kier alpha value is -3.64. The fourth-order valence-electron chi connectivity index (χ4n) is 4.20. The molecule has 0 aromatic heterocycles. The summed E-state index contributed by atoms with van der Waals surface area (Å²) in [7, 11) is 0. The van der Waals surface area contributed by atoms with Crippen LogP contribution in [0.2, 0.25) is 0 Å². The van der Waals surface area contributed by atoms with Crippen molar-refractivity contribution in [3.8, 4) is 0 Å². The van der Waals surface area contributed by atoms with Gasteiger partial charge in [-0.05, 0) is 69.2 Å². The third kappa shape index (κ3) is 10.6. The van der Waals surface area contributed by atoms with Crippen LogP contribution in [0.25, 0.3) is 0 Å². The van der Waals surface area contributed by atoms with Crippen molar-refractivity contribution in [2.75, 3.05) is 13.1 Å². The minimum atomic E-state index is -5.19. The van der Waals surface area contributed by atoms with E-state index in [0.717, 1.165) is 0 Å². The maximum Gasteiger partial charge on any atom is 0.430 e. The summed E-state index contributed by atoms with van der Waals surface area (Å²) in [5.41, 5.74) is 5.91. The van der Waals surface area contributed by atoms with E-state index in [0.29, 0.717) is 43.5 Å². The van der Waals surface area contributed by atoms with Crippen molar-refractivity contribution < 1.29 is 48.0 Å². The van der Waals surface area contributed by atoms with Crippen LogP contribution in [0.3, 0.4) is 0 Å². The van der Waals surface area contributed by atoms with Crippen molar-refractivity contribution in [2.45, 2.75) is 65.6 Å². The number of benzene rings is 1. The van der Waals surface area contributed by atoms with Gasteiger partial charge in [0.15, 0.2) is 0 Å². The monoisotopic (exact) mass is 558 g/mol. The molecular formula is C26H37F3N4O6. The zero-order chi connectivity index (χ0) is 30.1. The molecule has 2 rings (SSSR count). The van der Waals surface area contributed by atoms with Crippen LogP contribution in [0.4, 0.5) is 13.2 Å². The number of nitrogens with one attached hydrogen (secondary N) is 1. The van der Waals surface area contributed by atoms with Crippen molar-refractivity contribution in [3.05, 3.63) is 35.4 Å². The van der Waals surface area contributed by atoms with Crippen molar-refractivity contribution in [1.29, 1.82) is 0 Å². The molecule has 1 heterocycles. The van der Waals surface area contributed by atoms with Gasteiger partial charge in [-0.2, -0.15) is 13.2 Å². The lowest BCUT2D eigenvalue weighted by Gasteiger charge is -2.41. The van der Waals surface area contributed by atoms with Crippen LogP contribution in [0, 0.1) is 17.3 Å². The van der Waals surface area contributed by atoms with Gasteiger partial charge in [-0.1, -0.05) is 13.8 Å². The van der Waals surface area contributed by atoms with Gasteiger partial charge in [-0.25, -0.2) is 0 Å². The number of hydrogen-bond donors (Lipinski definition) is 4. The lowest BCUT2D eigenvalue weighted by molar-refractivity contribution is -0.344. The first-order valence-electron chi connectivity index (χ1n) is 12.4. The highest BCUT2D eigenvalue weighted by atomic mass is 19.4. The molecule has 0 radical (unpaired) electrons. The summed E-state index contributed by atoms with van der Waals surface area (Å²) in [6, 6.07) is 6.36. The number of nitrogens with zero attached hydrogens (tertiary/aromatic N) is 1. The van der Waals surface area contributed by atoms with Crippen LogP contribution in [-0.2, 0) is 14.4 Å². The first kappa shape index (κ1) is 33.4. The number of carboxylic acid groups (broad SMARTS) is 2. The summed E-state index contributed by atoms with van der Waals surface area (Å²) in [5, 5.41) is 26.5. The summed E-state index contributed by atoms with van der Waals surface area (Å²) in [4.78, 5) is 48.0. The van der Waals surface area contributed by atoms with Crippen LogP contribution in [-0.4, -0.2) is 64.9 Å². The third-order valence-corrected chi connectivity index (χ3v) is 6.51. The molecule has 1 fully saturated rings. The zero-order valence-electron chi connectivity index (χ0n) is 22.5. The number of halogens is 3. The molecule has 0 bridgehead atoms. The molecule has 10 nitrogen and oxygen atoms in total. The maximum absolute atomic E-state index is 13.4. The number of hydrogen-bond acceptors (Lipinski definition) is 5. The smallest absolute Gasteiger partial charge is 0.430 e. The largest absolute Gasteiger partial charge is 0.542 e. The minimum Gasteiger partial charge on any atom is -0.542 e. The maximum atomic E-state index is 13.4. The molecule has 1 aromatic rings. The number of alkyl halides is 3. The number of likely N-dealkylation sites (tertiary alicyclic amines) is 1. The van der Waals surface area contributed by atoms with Gasteiger partial charge >= 0.3 is 12.1 Å². The van der Waals surface area contributed by atoms with Crippen LogP contribution in [0.1, 0.15) is 69.3 Å². The highest BCUT2D eigenvalue weighted by Crippen LogP contribution is 2.31. The van der Waals surface area contributed by atoms with E-state index in [9.17, 15) is 27.6 Å². The molecule has 13 heteroatoms. The Labute approximate surface area is 225 Å². The first-order chi connectivity index (χ1) is 17.9. The van der Waals surface area contributed by atoms with Crippen LogP contribution in [0.5, 0.6) is 0 Å². The summed E-state index contributed by atoms with van der Waals surface area (Å²) < 4.78 is 31.5. The molecule has 0 spiro atoms. The minimum absolute atomic E-state index is 0.0157. The molecular weight excluding hydrogens is 521 g/mol. The number of nitrogens with two attached hydrogens (primary N) is 2. The normalized spacial score (nSPS) is 15.1. The van der Waals surface area contributed by atoms with Gasteiger partial charge in [0.1, 0.15) is 5.97 Å². The molecule has 6 N–H and O–H groups in total. The molecule has 218 valence electrons. The Morgan fingerprint density at radius 1 is 1.10 bits per heavy atom. The van der Waals surface area contributed by atoms with Crippen molar-refractivity contribution in [1.82, 2.24) is 10.2 Å². The van der Waals surface area contributed by atoms with Gasteiger partial charge in [-0.3, -0.25) is 25.5 Å². The molecule has 1 atom stereocenters. The number of carbonyl (C=O) groups is 4. The Morgan fingerprint density at radius 3 is 1.95 bits per heavy atom. The van der Waals surface area contributed by atoms with Crippen LogP contribution >= 0.6 is 0 Å². The van der Waals surface area contributed by atoms with Gasteiger partial charge in [0, 0.05) is 31.1 Å². The Morgan fingerprint density at radius 2 is 1.56 bits per heavy atom. The lowest BCUT2D eigenvalue weighted by atomic mass is 9.78. The van der Waals surface area contributed by atoms with Crippen LogP contribution in [0.15, 0.2) is 24.3 Å². The summed E-state index contributed by atoms with van der Waals surface area (Å²) >= 11 is 0. The molecule has 1 saturated heterocycles. The number of piperidine rings is 1. The quantitative estimate of drug-likeness (QED) is 0.249. The molecule has 1 aromatic carbocycles. The van der Waals surface area contributed by atoms with E-state index in [2.05, 4.69) is 19.2 Å². The van der Waals surface area contributed by atoms with Gasteiger partial charge in [0.05, 0.1) is 11.0 Å². The van der Waals surface area contributed by atoms with Gasteiger partial charge in [0.2, 0.25) is 5.91 Å². The van der Waals surface area contributed by atoms with Gasteiger partial charge < -0.3 is 25.2 Å². The molecule has 39 heavy (non-hydrogen) atoms. The average Bonchev–Trinajstić information content (AvgIpc) is 2.82. The number of amides is 2. The Balaban J connectivity index is 0.000000956. The first-order valence-corrected chi connectivity index (χ1v) is 12.4. The number of carbonyl (C=O) groups excluding carboxylic acids is 3. The second-order valence-electron chi connectivity index (χ2n) is 10.5. The molecule has 2 amide bonds. The molecule has 1 unspecified atom stereocenters. The predicted molar refractivity (Wildman–Crippen MR) is 134 cm³/mol. The lowest BCUT2D eigenvalue weighted by Crippen LogP contribution is -2.55. The molecule has 1 aliphatic rings. The number of aliphatic carboxylic acids is 2. The van der Waals surface area contributed by atoms with E-state index in [4.69, 9.17) is 26.2 Å². The van der Waals surface area contributed by atoms with E-state index in [-0.39, 0.29) is 41.9 Å². The predicted octanol–water partition coefficient (Wildman–Crippen LogP) is 0.334. The van der Waals surface area contributed by atoms with Crippen molar-refractivity contribution in [2.24, 2.45) is 23.0 Å². The Kier molecular flexibility index (Phi) is 11.9. The van der Waals surface area contributed by atoms with Crippen LogP contribution < -0.4 is 21.6 Å². The summed E-state index contributed by atoms with van der Waals surface area (Å²) in [6.07, 6.45) is -3.03. The highest BCUT2D eigenvalue weighted by Gasteiger charge is 2.41. The van der Waals surface area contributed by atoms with E-state index >= 15 is 0 Å². The number of rotatable bonds is 9. The SMILES string of the molecule is CC(C)CC(NC(=O)c1ccc(C(N)=[NH2+])cc1)C(C)(C)C(=O)N1CCC(CC(=O)O)CC1.O=C([O-])C(F)(F)F. The number of carboxylic acids is 2. The molecule has 0 saturated carbocycles. The average molecular weight is 559 g/mol. The van der Waals surface area contributed by atoms with E-state index in [1.807, 2.05) is 18.7 Å². The van der Waals surface area contributed by atoms with Gasteiger partial charge in [0.25, 0.3) is 11.7 Å². The topological polar surface area (TPSA) is 178 Å².